The van der Waals surface area contributed by atoms with Gasteiger partial charge in [0.25, 0.3) is 0 Å². The molecule has 0 aromatic carbocycles. The van der Waals surface area contributed by atoms with E-state index in [-0.39, 0.29) is 3.57 Å². The van der Waals surface area contributed by atoms with E-state index < -0.39 is 17.4 Å². The van der Waals surface area contributed by atoms with Crippen molar-refractivity contribution in [1.29, 1.82) is 0 Å². The molecule has 0 bridgehead atoms. The molecule has 134 valence electrons. The van der Waals surface area contributed by atoms with E-state index in [4.69, 9.17) is 0 Å². The van der Waals surface area contributed by atoms with Crippen molar-refractivity contribution in [3.63, 3.8) is 0 Å². The molecule has 0 saturated carbocycles. The summed E-state index contributed by atoms with van der Waals surface area (Å²) in [5, 5.41) is 4.11. The number of hydrogen-bond donors (Lipinski definition) is 0. The van der Waals surface area contributed by atoms with Crippen LogP contribution in [0.25, 0.3) is 0 Å². The number of nitrogens with zero attached hydrogens (tertiary/aromatic N) is 2. The van der Waals surface area contributed by atoms with E-state index in [2.05, 4.69) is 18.9 Å². The molecule has 1 atom stereocenters. The predicted octanol–water partition coefficient (Wildman–Crippen LogP) is 6.77. The van der Waals surface area contributed by atoms with Gasteiger partial charge >= 0.3 is 6.18 Å². The van der Waals surface area contributed by atoms with Gasteiger partial charge in [0.05, 0.1) is 15.3 Å². The summed E-state index contributed by atoms with van der Waals surface area (Å²) in [6, 6.07) is 0. The highest BCUT2D eigenvalue weighted by atomic mass is 127. The Labute approximate surface area is 151 Å². The van der Waals surface area contributed by atoms with Crippen molar-refractivity contribution in [2.24, 2.45) is 0 Å². The number of rotatable bonds is 10. The van der Waals surface area contributed by atoms with Gasteiger partial charge in [-0.2, -0.15) is 18.3 Å². The molecule has 1 heterocycles. The third-order valence-corrected chi connectivity index (χ3v) is 5.18. The minimum Gasteiger partial charge on any atom is -0.254 e. The van der Waals surface area contributed by atoms with Gasteiger partial charge in [0.2, 0.25) is 0 Å². The number of alkyl halides is 3. The lowest BCUT2D eigenvalue weighted by molar-refractivity contribution is -0.147. The van der Waals surface area contributed by atoms with E-state index in [0.717, 1.165) is 44.9 Å². The molecule has 2 nitrogen and oxygen atoms in total. The Bertz CT molecular complexity index is 471. The van der Waals surface area contributed by atoms with Gasteiger partial charge in [-0.1, -0.05) is 58.8 Å². The fourth-order valence-corrected chi connectivity index (χ4v) is 3.66. The third-order valence-electron chi connectivity index (χ3n) is 4.39. The summed E-state index contributed by atoms with van der Waals surface area (Å²) in [6.45, 7) is 6.16. The van der Waals surface area contributed by atoms with E-state index in [9.17, 15) is 13.2 Å². The molecule has 1 aromatic rings. The summed E-state index contributed by atoms with van der Waals surface area (Å²) < 4.78 is 41.7. The number of aromatic nitrogens is 2. The summed E-state index contributed by atoms with van der Waals surface area (Å²) in [5.74, 6) is 0. The fraction of sp³-hybridized carbons (Fsp3) is 0.824. The average molecular weight is 444 g/mol. The molecule has 0 aliphatic heterocycles. The second kappa shape index (κ2) is 9.28. The molecule has 0 spiro atoms. The Balaban J connectivity index is 2.97. The largest absolute Gasteiger partial charge is 0.434 e. The van der Waals surface area contributed by atoms with Crippen LogP contribution in [0.1, 0.15) is 84.3 Å². The van der Waals surface area contributed by atoms with Gasteiger partial charge in [0.1, 0.15) is 0 Å². The molecule has 0 amide bonds. The fourth-order valence-electron chi connectivity index (χ4n) is 3.00. The molecule has 0 aliphatic carbocycles. The second-order valence-electron chi connectivity index (χ2n) is 6.52. The van der Waals surface area contributed by atoms with Crippen molar-refractivity contribution in [2.75, 3.05) is 0 Å². The highest BCUT2D eigenvalue weighted by molar-refractivity contribution is 14.1. The van der Waals surface area contributed by atoms with E-state index in [0.29, 0.717) is 0 Å². The average Bonchev–Trinajstić information content (AvgIpc) is 2.87. The van der Waals surface area contributed by atoms with Crippen molar-refractivity contribution in [2.45, 2.75) is 90.3 Å². The maximum absolute atomic E-state index is 13.4. The van der Waals surface area contributed by atoms with Gasteiger partial charge in [0.15, 0.2) is 5.69 Å². The van der Waals surface area contributed by atoms with Crippen LogP contribution in [0, 0.1) is 3.57 Å². The molecule has 1 unspecified atom stereocenters. The zero-order valence-corrected chi connectivity index (χ0v) is 16.5. The lowest BCUT2D eigenvalue weighted by Crippen LogP contribution is -2.35. The summed E-state index contributed by atoms with van der Waals surface area (Å²) in [4.78, 5) is 0. The normalized spacial score (nSPS) is 14.9. The van der Waals surface area contributed by atoms with E-state index in [1.54, 1.807) is 22.6 Å². The van der Waals surface area contributed by atoms with Crippen molar-refractivity contribution in [3.8, 4) is 0 Å². The first-order valence-electron chi connectivity index (χ1n) is 8.57. The van der Waals surface area contributed by atoms with Crippen molar-refractivity contribution < 1.29 is 13.2 Å². The van der Waals surface area contributed by atoms with Gasteiger partial charge in [-0.3, -0.25) is 4.68 Å². The molecule has 0 aliphatic rings. The van der Waals surface area contributed by atoms with Crippen LogP contribution in [0.4, 0.5) is 13.2 Å². The highest BCUT2D eigenvalue weighted by Crippen LogP contribution is 2.39. The van der Waals surface area contributed by atoms with Gasteiger partial charge in [-0.15, -0.1) is 0 Å². The summed E-state index contributed by atoms with van der Waals surface area (Å²) >= 11 is 1.74. The minimum atomic E-state index is -4.36. The van der Waals surface area contributed by atoms with Crippen LogP contribution in [-0.4, -0.2) is 9.78 Å². The Morgan fingerprint density at radius 2 is 1.57 bits per heavy atom. The monoisotopic (exact) mass is 444 g/mol. The van der Waals surface area contributed by atoms with Gasteiger partial charge in [-0.05, 0) is 42.4 Å². The molecular weight excluding hydrogens is 416 g/mol. The number of unbranched alkanes of at least 4 members (excludes halogenated alkanes) is 5. The standard InChI is InChI=1S/C17H28F3IN2/c1-4-6-8-9-10-12-16(3,11-7-5-2)23-15(17(18,19)20)14(21)13-22-23/h13H,4-12H2,1-3H3. The van der Waals surface area contributed by atoms with Crippen LogP contribution in [0.2, 0.25) is 0 Å². The second-order valence-corrected chi connectivity index (χ2v) is 7.68. The Kier molecular flexibility index (Phi) is 8.38. The van der Waals surface area contributed by atoms with Crippen LogP contribution < -0.4 is 0 Å². The predicted molar refractivity (Wildman–Crippen MR) is 96.5 cm³/mol. The first-order valence-corrected chi connectivity index (χ1v) is 9.65. The van der Waals surface area contributed by atoms with Gasteiger partial charge in [0, 0.05) is 0 Å². The summed E-state index contributed by atoms with van der Waals surface area (Å²) in [6.07, 6.45) is 5.90. The maximum atomic E-state index is 13.4. The zero-order valence-electron chi connectivity index (χ0n) is 14.3. The molecule has 6 heteroatoms. The molecule has 0 fully saturated rings. The molecular formula is C17H28F3IN2. The van der Waals surface area contributed by atoms with E-state index >= 15 is 0 Å². The zero-order chi connectivity index (χ0) is 17.5. The van der Waals surface area contributed by atoms with Crippen LogP contribution in [0.5, 0.6) is 0 Å². The van der Waals surface area contributed by atoms with Crippen LogP contribution in [0.3, 0.4) is 0 Å². The molecule has 23 heavy (non-hydrogen) atoms. The maximum Gasteiger partial charge on any atom is 0.434 e. The lowest BCUT2D eigenvalue weighted by Gasteiger charge is -2.32. The Hall–Kier alpha value is -0.270. The lowest BCUT2D eigenvalue weighted by atomic mass is 9.88. The molecule has 1 rings (SSSR count). The Morgan fingerprint density at radius 1 is 1.00 bits per heavy atom. The van der Waals surface area contributed by atoms with E-state index in [1.807, 2.05) is 6.92 Å². The van der Waals surface area contributed by atoms with Crippen molar-refractivity contribution in [1.82, 2.24) is 9.78 Å². The topological polar surface area (TPSA) is 17.8 Å². The minimum absolute atomic E-state index is 0.184. The molecule has 0 saturated heterocycles. The van der Waals surface area contributed by atoms with Crippen molar-refractivity contribution >= 4 is 22.6 Å². The summed E-state index contributed by atoms with van der Waals surface area (Å²) in [7, 11) is 0. The highest BCUT2D eigenvalue weighted by Gasteiger charge is 2.42. The van der Waals surface area contributed by atoms with Gasteiger partial charge < -0.3 is 0 Å². The first-order chi connectivity index (χ1) is 10.8. The van der Waals surface area contributed by atoms with E-state index in [1.165, 1.54) is 23.7 Å². The smallest absolute Gasteiger partial charge is 0.254 e. The van der Waals surface area contributed by atoms with Gasteiger partial charge in [-0.25, -0.2) is 0 Å². The number of hydrogen-bond acceptors (Lipinski definition) is 1. The first kappa shape index (κ1) is 20.8. The molecule has 0 N–H and O–H groups in total. The molecule has 1 aromatic heterocycles. The Morgan fingerprint density at radius 3 is 2.13 bits per heavy atom. The quantitative estimate of drug-likeness (QED) is 0.288. The SMILES string of the molecule is CCCCCCCC(C)(CCCC)n1ncc(I)c1C(F)(F)F. The summed E-state index contributed by atoms with van der Waals surface area (Å²) in [5.41, 5.74) is -1.15. The van der Waals surface area contributed by atoms with Crippen molar-refractivity contribution in [3.05, 3.63) is 15.5 Å². The van der Waals surface area contributed by atoms with Crippen LogP contribution >= 0.6 is 22.6 Å². The molecule has 0 radical (unpaired) electrons. The van der Waals surface area contributed by atoms with Crippen LogP contribution in [0.15, 0.2) is 6.20 Å². The number of halogens is 4. The van der Waals surface area contributed by atoms with Crippen LogP contribution in [-0.2, 0) is 11.7 Å². The third kappa shape index (κ3) is 5.94.